The largest absolute Gasteiger partial charge is 0.511 e. The molecule has 0 fully saturated rings. The molecule has 10 aromatic carbocycles. The van der Waals surface area contributed by atoms with E-state index in [0.29, 0.717) is 22.9 Å². The topological polar surface area (TPSA) is 50.1 Å². The maximum absolute atomic E-state index is 8.15. The summed E-state index contributed by atoms with van der Waals surface area (Å²) in [6.45, 7) is 8.15. The molecule has 360 valence electrons. The van der Waals surface area contributed by atoms with Crippen molar-refractivity contribution in [1.29, 1.82) is 0 Å². The molecule has 9 heteroatoms. The van der Waals surface area contributed by atoms with E-state index in [1.165, 1.54) is 16.2 Å². The Labute approximate surface area is 450 Å². The van der Waals surface area contributed by atoms with Crippen LogP contribution in [0.3, 0.4) is 0 Å². The molecule has 0 N–H and O–H groups in total. The number of pyridine rings is 1. The maximum atomic E-state index is 8.15. The fourth-order valence-electron chi connectivity index (χ4n) is 11.3. The van der Waals surface area contributed by atoms with Crippen molar-refractivity contribution in [2.24, 2.45) is 0 Å². The number of fused-ring (bicyclic) bond motifs is 10. The van der Waals surface area contributed by atoms with Crippen LogP contribution in [0.5, 0.6) is 11.5 Å². The second kappa shape index (κ2) is 18.0. The van der Waals surface area contributed by atoms with Gasteiger partial charge in [-0.05, 0) is 70.8 Å². The van der Waals surface area contributed by atoms with Crippen molar-refractivity contribution >= 4 is 82.1 Å². The number of rotatable bonds is 8. The normalized spacial score (nSPS) is 11.6. The van der Waals surface area contributed by atoms with Crippen LogP contribution < -0.4 is 9.30 Å². The van der Waals surface area contributed by atoms with Gasteiger partial charge in [0.1, 0.15) is 5.82 Å². The van der Waals surface area contributed by atoms with E-state index >= 15 is 0 Å². The molecule has 8 nitrogen and oxygen atoms in total. The average Bonchev–Trinajstić information content (AvgIpc) is 4.23. The number of hydrogen-bond acceptors (Lipinski definition) is 2. The molecule has 0 radical (unpaired) electrons. The van der Waals surface area contributed by atoms with Crippen LogP contribution in [0.2, 0.25) is 0 Å². The second-order valence-electron chi connectivity index (χ2n) is 18.7. The number of ether oxygens (including phenoxy) is 1. The third-order valence-corrected chi connectivity index (χ3v) is 14.5. The van der Waals surface area contributed by atoms with Gasteiger partial charge in [-0.3, -0.25) is 9.41 Å². The zero-order valence-electron chi connectivity index (χ0n) is 40.4. The minimum absolute atomic E-state index is 0. The van der Waals surface area contributed by atoms with Gasteiger partial charge in [0.05, 0.1) is 68.6 Å². The molecule has 5 heterocycles. The molecule has 15 rings (SSSR count). The van der Waals surface area contributed by atoms with Gasteiger partial charge in [0.25, 0.3) is 6.33 Å². The third kappa shape index (κ3) is 7.01. The van der Waals surface area contributed by atoms with E-state index in [1.807, 2.05) is 47.2 Å². The summed E-state index contributed by atoms with van der Waals surface area (Å²) in [7, 11) is 0. The molecule has 15 aromatic rings. The molecule has 0 aliphatic heterocycles. The van der Waals surface area contributed by atoms with E-state index < -0.39 is 0 Å². The molecule has 0 saturated heterocycles. The van der Waals surface area contributed by atoms with Crippen molar-refractivity contribution in [3.8, 4) is 51.2 Å². The van der Waals surface area contributed by atoms with Gasteiger partial charge < -0.3 is 23.0 Å². The van der Waals surface area contributed by atoms with E-state index in [-0.39, 0.29) is 21.1 Å². The van der Waals surface area contributed by atoms with Gasteiger partial charge in [-0.15, -0.1) is 29.7 Å². The molecule has 0 aliphatic carbocycles. The third-order valence-electron chi connectivity index (χ3n) is 14.5. The van der Waals surface area contributed by atoms with Crippen molar-refractivity contribution in [2.45, 2.75) is 0 Å². The molecule has 0 unspecified atom stereocenters. The van der Waals surface area contributed by atoms with Gasteiger partial charge in [-0.1, -0.05) is 169 Å². The molecule has 0 bridgehead atoms. The zero-order valence-corrected chi connectivity index (χ0v) is 42.6. The summed E-state index contributed by atoms with van der Waals surface area (Å²) in [4.78, 5) is 9.14. The Morgan fingerprint density at radius 2 is 1.09 bits per heavy atom. The standard InChI is InChI=1S/C67H39N7O.Pt/c1-68-45-38-47(70-43-71(63-32-16-15-31-62(63)70)57-26-10-5-20-50(57)44-18-3-2-4-19-44)40-49(39-45)75-48-35-36-55-53-23-8-14-30-61(53)74(65(55)41-48)66-37-34-46(42-69-66)72-58-27-11-9-24-54(58)56-25-17-33-64(67(56)72)73-59-28-12-6-21-51(59)52-22-7-13-29-60(52)73;/h2-39,42H;/q-2;. The molecular weight excluding hydrogens is 1110 g/mol. The Kier molecular flexibility index (Phi) is 10.6. The zero-order chi connectivity index (χ0) is 49.6. The number of nitrogens with zero attached hydrogens (tertiary/aromatic N) is 7. The maximum Gasteiger partial charge on any atom is 0.268 e. The number of hydrogen-bond donors (Lipinski definition) is 0. The van der Waals surface area contributed by atoms with Crippen LogP contribution in [0, 0.1) is 25.0 Å². The van der Waals surface area contributed by atoms with Gasteiger partial charge in [-0.2, -0.15) is 12.1 Å². The Morgan fingerprint density at radius 3 is 1.80 bits per heavy atom. The van der Waals surface area contributed by atoms with E-state index in [2.05, 4.69) is 230 Å². The average molecular weight is 1150 g/mol. The first-order valence-corrected chi connectivity index (χ1v) is 24.8. The van der Waals surface area contributed by atoms with Gasteiger partial charge in [-0.25, -0.2) is 4.98 Å². The first-order valence-electron chi connectivity index (χ1n) is 24.8. The van der Waals surface area contributed by atoms with Crippen molar-refractivity contribution in [1.82, 2.24) is 23.3 Å². The summed E-state index contributed by atoms with van der Waals surface area (Å²) in [5.74, 6) is 1.60. The van der Waals surface area contributed by atoms with Crippen LogP contribution in [0.1, 0.15) is 0 Å². The summed E-state index contributed by atoms with van der Waals surface area (Å²) in [5.41, 5.74) is 14.4. The smallest absolute Gasteiger partial charge is 0.268 e. The van der Waals surface area contributed by atoms with Crippen LogP contribution in [0.4, 0.5) is 5.69 Å². The summed E-state index contributed by atoms with van der Waals surface area (Å²) in [5, 5.41) is 6.85. The van der Waals surface area contributed by atoms with Crippen LogP contribution in [0.15, 0.2) is 237 Å². The fraction of sp³-hybridized carbons (Fsp3) is 0. The van der Waals surface area contributed by atoms with Crippen LogP contribution in [-0.4, -0.2) is 23.3 Å². The van der Waals surface area contributed by atoms with E-state index in [9.17, 15) is 0 Å². The molecular formula is C67H39N7OPt-2. The van der Waals surface area contributed by atoms with Crippen molar-refractivity contribution in [3.05, 3.63) is 267 Å². The molecule has 0 spiro atoms. The number of imidazole rings is 1. The van der Waals surface area contributed by atoms with E-state index in [1.54, 1.807) is 6.07 Å². The second-order valence-corrected chi connectivity index (χ2v) is 18.7. The first kappa shape index (κ1) is 44.9. The minimum atomic E-state index is 0. The Bertz CT molecular complexity index is 4770. The monoisotopic (exact) mass is 1150 g/mol. The van der Waals surface area contributed by atoms with Gasteiger partial charge in [0, 0.05) is 53.9 Å². The van der Waals surface area contributed by atoms with E-state index in [4.69, 9.17) is 16.3 Å². The van der Waals surface area contributed by atoms with Crippen molar-refractivity contribution in [3.63, 3.8) is 0 Å². The molecule has 0 atom stereocenters. The van der Waals surface area contributed by atoms with Crippen LogP contribution in [0.25, 0.3) is 121 Å². The molecule has 0 saturated carbocycles. The van der Waals surface area contributed by atoms with Crippen molar-refractivity contribution in [2.75, 3.05) is 0 Å². The quantitative estimate of drug-likeness (QED) is 0.112. The van der Waals surface area contributed by atoms with E-state index in [0.717, 1.165) is 94.3 Å². The summed E-state index contributed by atoms with van der Waals surface area (Å²) >= 11 is 0. The summed E-state index contributed by atoms with van der Waals surface area (Å²) in [6, 6.07) is 86.7. The molecule has 0 amide bonds. The van der Waals surface area contributed by atoms with Crippen molar-refractivity contribution < 1.29 is 30.4 Å². The molecule has 0 aliphatic rings. The summed E-state index contributed by atoms with van der Waals surface area (Å²) < 4.78 is 17.6. The fourth-order valence-corrected chi connectivity index (χ4v) is 11.3. The van der Waals surface area contributed by atoms with Gasteiger partial charge in [0.15, 0.2) is 0 Å². The SMILES string of the molecule is [C-]#[N+]c1cc(Oc2[c-]c3c(cc2)c2ccccc2n3-c2ccc(-n3c4ccccc4c4cccc(-n5c6ccccc6c6ccccc65)c43)cn2)[c-]c(-n2[c-][n+](-c3ccccc3-c3ccccc3)c3ccccc32)c1.[Pt]. The number of para-hydroxylation sites is 8. The first-order chi connectivity index (χ1) is 37.2. The Morgan fingerprint density at radius 1 is 0.487 bits per heavy atom. The Hall–Kier alpha value is -9.80. The minimum Gasteiger partial charge on any atom is -0.511 e. The summed E-state index contributed by atoms with van der Waals surface area (Å²) in [6.07, 6.45) is 5.59. The Balaban J connectivity index is 0.00000528. The van der Waals surface area contributed by atoms with Gasteiger partial charge in [0.2, 0.25) is 0 Å². The number of benzene rings is 10. The van der Waals surface area contributed by atoms with Gasteiger partial charge >= 0.3 is 0 Å². The van der Waals surface area contributed by atoms with Crippen LogP contribution >= 0.6 is 0 Å². The molecule has 5 aromatic heterocycles. The molecule has 76 heavy (non-hydrogen) atoms. The predicted octanol–water partition coefficient (Wildman–Crippen LogP) is 16.0. The van der Waals surface area contributed by atoms with Crippen LogP contribution in [-0.2, 0) is 21.1 Å². The number of aromatic nitrogens is 6. The predicted molar refractivity (Wildman–Crippen MR) is 300 cm³/mol.